The van der Waals surface area contributed by atoms with Crippen LogP contribution in [0.5, 0.6) is 11.5 Å². The number of amides is 3. The summed E-state index contributed by atoms with van der Waals surface area (Å²) >= 11 is 1.36. The van der Waals surface area contributed by atoms with Crippen molar-refractivity contribution in [3.8, 4) is 11.5 Å². The molecule has 1 aliphatic carbocycles. The molecule has 406 valence electrons. The van der Waals surface area contributed by atoms with E-state index in [1.54, 1.807) is 43.4 Å². The van der Waals surface area contributed by atoms with Crippen molar-refractivity contribution in [1.82, 2.24) is 25.4 Å². The summed E-state index contributed by atoms with van der Waals surface area (Å²) in [5.41, 5.74) is 6.36. The number of phenols is 1. The number of thiazole rings is 1. The van der Waals surface area contributed by atoms with E-state index in [0.29, 0.717) is 62.4 Å². The van der Waals surface area contributed by atoms with E-state index in [-0.39, 0.29) is 65.7 Å². The molecule has 2 aliphatic rings. The molecule has 1 saturated heterocycles. The zero-order chi connectivity index (χ0) is 53.8. The first-order valence-corrected chi connectivity index (χ1v) is 29.5. The van der Waals surface area contributed by atoms with E-state index in [4.69, 9.17) is 23.9 Å². The Morgan fingerprint density at radius 1 is 0.829 bits per heavy atom. The first kappa shape index (κ1) is 57.6. The maximum Gasteiger partial charge on any atom is 0.248 e. The number of aromatic nitrogens is 1. The normalized spacial score (nSPS) is 17.1. The second kappa shape index (κ2) is 29.4. The lowest BCUT2D eigenvalue weighted by atomic mass is 9.83. The third-order valence-corrected chi connectivity index (χ3v) is 17.4. The molecule has 2 fully saturated rings. The summed E-state index contributed by atoms with van der Waals surface area (Å²) in [6.07, 6.45) is 6.43. The second-order valence-electron chi connectivity index (χ2n) is 19.6. The van der Waals surface area contributed by atoms with Gasteiger partial charge in [-0.25, -0.2) is 9.37 Å². The number of likely N-dealkylation sites (N-methyl/N-ethyl adjacent to an activating group) is 2. The van der Waals surface area contributed by atoms with Gasteiger partial charge >= 0.3 is 0 Å². The molecule has 5 aromatic rings. The highest BCUT2D eigenvalue weighted by atomic mass is 32.1. The molecule has 17 heteroatoms. The molecule has 4 aromatic carbocycles. The largest absolute Gasteiger partial charge is 0.508 e. The van der Waals surface area contributed by atoms with Crippen molar-refractivity contribution in [2.24, 2.45) is 5.92 Å². The molecular formula is C59H74FN5O9SSi. The number of nitrogens with one attached hydrogen (secondary N) is 2. The number of hydrogen-bond acceptors (Lipinski definition) is 12. The number of hydrogen-bond donors (Lipinski definition) is 3. The number of aromatic hydroxyl groups is 1. The summed E-state index contributed by atoms with van der Waals surface area (Å²) in [7, 11) is 2.73. The monoisotopic (exact) mass is 1080 g/mol. The van der Waals surface area contributed by atoms with Crippen LogP contribution in [-0.2, 0) is 28.6 Å². The van der Waals surface area contributed by atoms with Gasteiger partial charge in [-0.05, 0) is 134 Å². The fraction of sp³-hybridized carbons (Fsp3) is 0.441. The molecule has 14 nitrogen and oxygen atoms in total. The van der Waals surface area contributed by atoms with Crippen molar-refractivity contribution in [2.45, 2.75) is 88.5 Å². The number of rotatable bonds is 28. The summed E-state index contributed by atoms with van der Waals surface area (Å²) in [6, 6.07) is 30.4. The fourth-order valence-electron chi connectivity index (χ4n) is 9.97. The molecule has 0 spiro atoms. The van der Waals surface area contributed by atoms with Gasteiger partial charge in [-0.1, -0.05) is 80.8 Å². The Balaban J connectivity index is 0.811. The average molecular weight is 1080 g/mol. The van der Waals surface area contributed by atoms with Gasteiger partial charge < -0.3 is 44.5 Å². The van der Waals surface area contributed by atoms with Crippen LogP contribution >= 0.6 is 11.3 Å². The van der Waals surface area contributed by atoms with E-state index in [0.717, 1.165) is 73.3 Å². The molecule has 3 amide bonds. The van der Waals surface area contributed by atoms with Crippen LogP contribution in [0.3, 0.4) is 0 Å². The van der Waals surface area contributed by atoms with Crippen molar-refractivity contribution in [3.05, 3.63) is 147 Å². The van der Waals surface area contributed by atoms with E-state index >= 15 is 0 Å². The standard InChI is InChI=1S/C59H74FN5O9SSi/c1-5-50(41-12-8-6-9-13-41)54(42-18-24-47(66)25-19-42)43-20-26-48(27-21-43)74-29-28-64(4)53(67)38-73-33-32-71-30-31-72-34-35-76-49-36-52(58-62-51(39-75-58)56(68)45-16-22-46(60)23-17-45)65(37-49)59(70)55(44-14-10-7-11-15-44)63-57(69)40(2)61-3/h6,8-9,12-13,16-27,39-40,44,49,52,55,61,66H,5,7,10-11,14-15,28-38,76H2,1-4H3,(H,63,69)/b54-50-/t40-,49?,52-,55-/m0/s1. The minimum Gasteiger partial charge on any atom is -0.508 e. The Morgan fingerprint density at radius 2 is 1.47 bits per heavy atom. The van der Waals surface area contributed by atoms with Crippen LogP contribution in [0.15, 0.2) is 109 Å². The zero-order valence-electron chi connectivity index (χ0n) is 44.3. The van der Waals surface area contributed by atoms with Gasteiger partial charge in [-0.3, -0.25) is 19.2 Å². The Labute approximate surface area is 453 Å². The van der Waals surface area contributed by atoms with E-state index in [2.05, 4.69) is 29.7 Å². The molecule has 0 bridgehead atoms. The van der Waals surface area contributed by atoms with E-state index in [1.807, 2.05) is 59.5 Å². The number of halogens is 1. The number of benzene rings is 4. The first-order valence-electron chi connectivity index (χ1n) is 26.8. The fourth-order valence-corrected chi connectivity index (χ4v) is 12.9. The van der Waals surface area contributed by atoms with Gasteiger partial charge in [-0.15, -0.1) is 11.3 Å². The highest BCUT2D eigenvalue weighted by molar-refractivity contribution is 7.10. The van der Waals surface area contributed by atoms with Crippen LogP contribution in [0.2, 0.25) is 11.6 Å². The van der Waals surface area contributed by atoms with Gasteiger partial charge in [0.2, 0.25) is 23.5 Å². The van der Waals surface area contributed by atoms with Crippen molar-refractivity contribution in [3.63, 3.8) is 0 Å². The summed E-state index contributed by atoms with van der Waals surface area (Å²) < 4.78 is 36.9. The Hall–Kier alpha value is -6.08. The third-order valence-electron chi connectivity index (χ3n) is 14.4. The van der Waals surface area contributed by atoms with Crippen LogP contribution in [0.4, 0.5) is 4.39 Å². The molecule has 1 aliphatic heterocycles. The van der Waals surface area contributed by atoms with Gasteiger partial charge in [0.05, 0.1) is 45.1 Å². The lowest BCUT2D eigenvalue weighted by Gasteiger charge is -2.35. The summed E-state index contributed by atoms with van der Waals surface area (Å²) in [6.45, 7) is 7.06. The van der Waals surface area contributed by atoms with Gasteiger partial charge in [-0.2, -0.15) is 0 Å². The van der Waals surface area contributed by atoms with Crippen molar-refractivity contribution < 1.29 is 47.6 Å². The van der Waals surface area contributed by atoms with Crippen LogP contribution in [-0.4, -0.2) is 138 Å². The van der Waals surface area contributed by atoms with Gasteiger partial charge in [0.15, 0.2) is 0 Å². The van der Waals surface area contributed by atoms with Gasteiger partial charge in [0, 0.05) is 40.7 Å². The zero-order valence-corrected chi connectivity index (χ0v) is 46.6. The molecule has 1 unspecified atom stereocenters. The van der Waals surface area contributed by atoms with E-state index in [1.165, 1.54) is 41.2 Å². The summed E-state index contributed by atoms with van der Waals surface area (Å²) in [5, 5.41) is 18.5. The number of likely N-dealkylation sites (tertiary alicyclic amines) is 1. The van der Waals surface area contributed by atoms with Gasteiger partial charge in [0.25, 0.3) is 0 Å². The van der Waals surface area contributed by atoms with Crippen molar-refractivity contribution in [1.29, 1.82) is 0 Å². The van der Waals surface area contributed by atoms with Crippen LogP contribution < -0.4 is 15.4 Å². The maximum absolute atomic E-state index is 14.7. The molecular weight excluding hydrogens is 1000 g/mol. The van der Waals surface area contributed by atoms with Crippen LogP contribution in [0, 0.1) is 11.7 Å². The second-order valence-corrected chi connectivity index (χ2v) is 23.0. The molecule has 7 rings (SSSR count). The predicted molar refractivity (Wildman–Crippen MR) is 298 cm³/mol. The number of carbonyl (C=O) groups is 4. The quantitative estimate of drug-likeness (QED) is 0.0190. The first-order chi connectivity index (χ1) is 36.9. The van der Waals surface area contributed by atoms with Crippen molar-refractivity contribution >= 4 is 55.5 Å². The van der Waals surface area contributed by atoms with Crippen LogP contribution in [0.1, 0.15) is 103 Å². The Morgan fingerprint density at radius 3 is 2.14 bits per heavy atom. The number of phenolic OH excluding ortho intramolecular Hbond substituents is 1. The molecule has 4 atom stereocenters. The maximum atomic E-state index is 14.7. The highest BCUT2D eigenvalue weighted by Crippen LogP contribution is 2.42. The molecule has 2 heterocycles. The topological polar surface area (TPSA) is 169 Å². The smallest absolute Gasteiger partial charge is 0.248 e. The number of ether oxygens (including phenoxy) is 4. The van der Waals surface area contributed by atoms with E-state index < -0.39 is 27.4 Å². The third kappa shape index (κ3) is 16.2. The Kier molecular flexibility index (Phi) is 22.3. The van der Waals surface area contributed by atoms with Crippen LogP contribution in [0.25, 0.3) is 11.1 Å². The molecule has 1 saturated carbocycles. The Bertz CT molecular complexity index is 2670. The molecule has 1 aromatic heterocycles. The van der Waals surface area contributed by atoms with E-state index in [9.17, 15) is 28.7 Å². The predicted octanol–water partition coefficient (Wildman–Crippen LogP) is 8.50. The lowest BCUT2D eigenvalue weighted by Crippen LogP contribution is -2.55. The van der Waals surface area contributed by atoms with Gasteiger partial charge in [0.1, 0.15) is 47.3 Å². The minimum atomic E-state index is -0.718. The van der Waals surface area contributed by atoms with Crippen molar-refractivity contribution in [2.75, 3.05) is 73.4 Å². The SMILES string of the molecule is CC/C(=C(\c1ccc(O)cc1)c1ccc(OCCN(C)C(=O)COCCOCCOCC[SiH2]C2C[C@@H](c3nc(C(=O)c4ccc(F)cc4)cs3)N(C(=O)[C@@H](NC(=O)[C@H](C)NC)C3CCCCC3)C2)cc1)c1ccccc1. The lowest BCUT2D eigenvalue weighted by molar-refractivity contribution is -0.139. The molecule has 0 radical (unpaired) electrons. The summed E-state index contributed by atoms with van der Waals surface area (Å²) in [4.78, 5) is 62.4. The number of allylic oxidation sites excluding steroid dienone is 1. The molecule has 76 heavy (non-hydrogen) atoms. The minimum absolute atomic E-state index is 0.0376. The summed E-state index contributed by atoms with van der Waals surface area (Å²) in [5.74, 6) is -0.239. The number of nitrogens with zero attached hydrogens (tertiary/aromatic N) is 3. The number of ketones is 1. The highest BCUT2D eigenvalue weighted by Gasteiger charge is 2.43. The average Bonchev–Trinajstić information content (AvgIpc) is 4.12. The number of carbonyl (C=O) groups excluding carboxylic acids is 4. The molecule has 3 N–H and O–H groups in total.